The van der Waals surface area contributed by atoms with Crippen molar-refractivity contribution in [2.24, 2.45) is 17.4 Å². The first-order valence-electron chi connectivity index (χ1n) is 37.3. The molecule has 7 aliphatic heterocycles. The van der Waals surface area contributed by atoms with Gasteiger partial charge < -0.3 is 153 Å². The van der Waals surface area contributed by atoms with E-state index in [9.17, 15) is 98.6 Å². The van der Waals surface area contributed by atoms with Crippen LogP contribution in [0.1, 0.15) is 111 Å². The van der Waals surface area contributed by atoms with Gasteiger partial charge >= 0.3 is 21.2 Å². The van der Waals surface area contributed by atoms with Gasteiger partial charge in [0, 0.05) is 40.4 Å². The van der Waals surface area contributed by atoms with Crippen molar-refractivity contribution in [2.45, 2.75) is 168 Å². The van der Waals surface area contributed by atoms with Gasteiger partial charge in [0.15, 0.2) is 47.7 Å². The monoisotopic (exact) mass is 1800 g/mol. The number of carbonyl (C=O) groups is 9. The Morgan fingerprint density at radius 3 is 1.93 bits per heavy atom. The summed E-state index contributed by atoms with van der Waals surface area (Å²) in [6.07, 6.45) is -20.4. The third-order valence-electron chi connectivity index (χ3n) is 20.6. The molecule has 7 aliphatic rings. The van der Waals surface area contributed by atoms with E-state index >= 15 is 19.2 Å². The van der Waals surface area contributed by atoms with Gasteiger partial charge in [0.1, 0.15) is 83.7 Å². The van der Waals surface area contributed by atoms with Gasteiger partial charge in [-0.2, -0.15) is 0 Å². The number of ether oxygens (including phenoxy) is 7. The third-order valence-corrected chi connectivity index (χ3v) is 25.2. The molecule has 2 saturated heterocycles. The lowest BCUT2D eigenvalue weighted by Crippen LogP contribution is -2.64. The number of carbonyl (C=O) groups excluding carboxylic acids is 9. The zero-order valence-corrected chi connectivity index (χ0v) is 68.9. The van der Waals surface area contributed by atoms with Crippen LogP contribution < -0.4 is 68.2 Å². The predicted octanol–water partition coefficient (Wildman–Crippen LogP) is 1.08. The number of amides is 8. The molecular weight excluding hydrogens is 1720 g/mol. The van der Waals surface area contributed by atoms with Crippen LogP contribution in [-0.2, 0) is 77.6 Å². The summed E-state index contributed by atoms with van der Waals surface area (Å²) in [7, 11) is -9.29. The Morgan fingerprint density at radius 1 is 0.689 bits per heavy atom. The standard InChI is InChI=1S/C76H87Cl3N10O31P2/c1-28(2)14-42(82-5)68(101)88-58-60(96)32-9-13-46(39(77)17-32)116-47-20-33-21-48(65(47)120-75-66(63(99)62(98)49(26-90)118-75)119-52-25-76(4,81)67(100)29(3)115-52)117-64-40(78)18-34(19-41(64)79)61(97)59-73(106)87-57(74(107)114-27-51(95)83-35-10-6-30(7-11-35)15-53(121(108,109)110)122(111,112)113)38-22-36(91)23-45(93)54(38)37-16-31(8-12-44(37)92)55(70(103)89-59)86-71(104)56(33)85-69(102)43(24-50(80)94)84-72(58)105/h6-13,16-23,28-29,42-43,49,52-53,55-63,66-67,75,82,90-93,96-100H,14-15,24-27,81H2,1-5H3,(H2,80,94)(H,83,95)(H,84,105)(H,85,102)(H,86,104)(H,87,106)(H,88,101)(H,89,103)(H2,108,109,110)(H2,111,112,113)/t29-,42-,43+,49+,52-,55-,56-,57+,58-,59+,60-,61-,62-,63+,66-,67+,75-,76-/m1/s1. The number of aliphatic hydroxyl groups is 6. The molecular formula is C76H87Cl3N10O31P2. The van der Waals surface area contributed by atoms with E-state index in [1.54, 1.807) is 13.8 Å². The first-order valence-corrected chi connectivity index (χ1v) is 41.8. The lowest BCUT2D eigenvalue weighted by molar-refractivity contribution is -0.333. The summed E-state index contributed by atoms with van der Waals surface area (Å²) >= 11 is 21.4. The fourth-order valence-corrected chi connectivity index (χ4v) is 17.6. The van der Waals surface area contributed by atoms with Crippen molar-refractivity contribution in [2.75, 3.05) is 25.6 Å². The number of esters is 1. The van der Waals surface area contributed by atoms with Gasteiger partial charge in [-0.25, -0.2) is 4.79 Å². The number of anilines is 1. The first-order chi connectivity index (χ1) is 57.2. The minimum Gasteiger partial charge on any atom is -0.508 e. The number of primary amides is 1. The highest BCUT2D eigenvalue weighted by Crippen LogP contribution is 2.61. The quantitative estimate of drug-likeness (QED) is 0.0376. The van der Waals surface area contributed by atoms with Crippen LogP contribution >= 0.6 is 50.0 Å². The molecule has 11 bridgehead atoms. The number of rotatable bonds is 20. The van der Waals surface area contributed by atoms with Crippen LogP contribution in [0.15, 0.2) is 97.1 Å². The molecule has 0 aromatic heterocycles. The van der Waals surface area contributed by atoms with Crippen LogP contribution in [0, 0.1) is 5.92 Å². The average molecular weight is 1800 g/mol. The number of likely N-dealkylation sites (N-methyl/N-ethyl adjacent to an activating group) is 1. The summed E-state index contributed by atoms with van der Waals surface area (Å²) in [5.41, 5.74) is 7.12. The summed E-state index contributed by atoms with van der Waals surface area (Å²) in [6, 6.07) is 1.09. The van der Waals surface area contributed by atoms with Crippen LogP contribution in [0.25, 0.3) is 11.1 Å². The Balaban J connectivity index is 1.10. The van der Waals surface area contributed by atoms with Crippen molar-refractivity contribution < 1.29 is 151 Å². The van der Waals surface area contributed by atoms with Crippen LogP contribution in [0.4, 0.5) is 5.69 Å². The lowest BCUT2D eigenvalue weighted by Gasteiger charge is -2.47. The van der Waals surface area contributed by atoms with Crippen molar-refractivity contribution in [3.05, 3.63) is 146 Å². The second kappa shape index (κ2) is 37.6. The average Bonchev–Trinajstić information content (AvgIpc) is 0.760. The van der Waals surface area contributed by atoms with E-state index in [4.69, 9.17) is 79.4 Å². The summed E-state index contributed by atoms with van der Waals surface area (Å²) < 4.78 is 67.9. The molecule has 8 amide bonds. The van der Waals surface area contributed by atoms with Gasteiger partial charge in [-0.15, -0.1) is 0 Å². The fraction of sp³-hybridized carbons (Fsp3) is 0.408. The molecule has 25 N–H and O–H groups in total. The molecule has 658 valence electrons. The number of benzene rings is 6. The number of nitrogens with one attached hydrogen (secondary N) is 8. The smallest absolute Gasteiger partial charge is 0.341 e. The number of phenols is 3. The number of hydrogen-bond donors (Lipinski definition) is 23. The lowest BCUT2D eigenvalue weighted by atomic mass is 9.86. The van der Waals surface area contributed by atoms with Crippen molar-refractivity contribution in [3.8, 4) is 57.1 Å². The Hall–Kier alpha value is -9.92. The van der Waals surface area contributed by atoms with Gasteiger partial charge in [0.25, 0.3) is 5.91 Å². The molecule has 7 heterocycles. The predicted molar refractivity (Wildman–Crippen MR) is 424 cm³/mol. The largest absolute Gasteiger partial charge is 0.508 e. The van der Waals surface area contributed by atoms with Crippen LogP contribution in [0.2, 0.25) is 15.1 Å². The molecule has 122 heavy (non-hydrogen) atoms. The summed E-state index contributed by atoms with van der Waals surface area (Å²) in [5.74, 6) is -18.5. The van der Waals surface area contributed by atoms with Gasteiger partial charge in [0.05, 0.1) is 46.3 Å². The second-order valence-corrected chi connectivity index (χ2v) is 35.4. The Bertz CT molecular complexity index is 5120. The molecule has 0 spiro atoms. The van der Waals surface area contributed by atoms with Gasteiger partial charge in [0.2, 0.25) is 53.4 Å². The van der Waals surface area contributed by atoms with E-state index in [1.807, 2.05) is 0 Å². The molecule has 18 atom stereocenters. The van der Waals surface area contributed by atoms with Crippen LogP contribution in [0.5, 0.6) is 46.0 Å². The molecule has 13 rings (SSSR count). The van der Waals surface area contributed by atoms with E-state index in [0.717, 1.165) is 84.9 Å². The number of halogens is 3. The van der Waals surface area contributed by atoms with Crippen molar-refractivity contribution in [1.82, 2.24) is 37.2 Å². The molecule has 6 aromatic carbocycles. The van der Waals surface area contributed by atoms with E-state index in [2.05, 4.69) is 42.5 Å². The number of hydrogen-bond acceptors (Lipinski definition) is 29. The van der Waals surface area contributed by atoms with Crippen molar-refractivity contribution in [1.29, 1.82) is 0 Å². The van der Waals surface area contributed by atoms with E-state index < -0.39 is 304 Å². The Labute approximate surface area is 707 Å². The van der Waals surface area contributed by atoms with Crippen LogP contribution in [0.3, 0.4) is 0 Å². The molecule has 0 aliphatic carbocycles. The normalized spacial score (nSPS) is 26.6. The highest BCUT2D eigenvalue weighted by molar-refractivity contribution is 7.70. The van der Waals surface area contributed by atoms with Gasteiger partial charge in [-0.3, -0.25) is 47.5 Å². The molecule has 46 heteroatoms. The van der Waals surface area contributed by atoms with Crippen molar-refractivity contribution in [3.63, 3.8) is 0 Å². The highest BCUT2D eigenvalue weighted by atomic mass is 35.5. The molecule has 0 unspecified atom stereocenters. The maximum Gasteiger partial charge on any atom is 0.341 e. The summed E-state index contributed by atoms with van der Waals surface area (Å²) in [4.78, 5) is 173. The number of fused-ring (bicyclic) bond motifs is 15. The highest BCUT2D eigenvalue weighted by Gasteiger charge is 2.52. The molecule has 6 aromatic rings. The zero-order chi connectivity index (χ0) is 89.4. The van der Waals surface area contributed by atoms with Gasteiger partial charge in [-0.05, 0) is 134 Å². The molecule has 0 saturated carbocycles. The molecule has 41 nitrogen and oxygen atoms in total. The van der Waals surface area contributed by atoms with E-state index in [0.29, 0.717) is 6.07 Å². The Morgan fingerprint density at radius 2 is 1.31 bits per heavy atom. The van der Waals surface area contributed by atoms with Gasteiger partial charge in [-0.1, -0.05) is 72.9 Å². The second-order valence-electron chi connectivity index (χ2n) is 30.2. The number of aromatic hydroxyl groups is 3. The van der Waals surface area contributed by atoms with E-state index in [1.165, 1.54) is 27.0 Å². The maximum atomic E-state index is 16.3. The van der Waals surface area contributed by atoms with Crippen molar-refractivity contribution >= 4 is 109 Å². The Kier molecular flexibility index (Phi) is 28.6. The molecule has 2 fully saturated rings. The summed E-state index contributed by atoms with van der Waals surface area (Å²) in [6.45, 7) is 4.24. The minimum atomic E-state index is -5.37. The zero-order valence-electron chi connectivity index (χ0n) is 64.8. The first kappa shape index (κ1) is 92.8. The third kappa shape index (κ3) is 20.9. The fourth-order valence-electron chi connectivity index (χ4n) is 14.3. The number of nitrogens with two attached hydrogens (primary N) is 2. The number of aliphatic hydroxyl groups excluding tert-OH is 6. The van der Waals surface area contributed by atoms with Crippen LogP contribution in [-0.4, -0.2) is 223 Å². The topological polar surface area (TPSA) is 664 Å². The SMILES string of the molecule is CN[C@H](CC(C)C)C(=O)N[C@H]1C(=O)N[C@@H](CC(N)=O)C(=O)N[C@H]2C(=O)N[C@H]3C(=O)N[C@H](C(=O)N[C@H](C(=O)OCC(=O)Nc4ccc(CC(P(=O)(O)O)P(=O)(O)O)cc4)c4cc(O)cc(O)c4-c4cc3ccc4O)[C@H](O)c3cc(Cl)c(c(Cl)c3)Oc3cc2cc(c3O[C@H]2O[C@@H](CO)[C@@H](O)[C@H](O)[C@H]2O[C@@H]2C[C@@](C)(N)[C@@H](O)[C@@H](C)O2)Oc2ccc(cc2Cl)[C@H]1O. The minimum absolute atomic E-state index is 0.00706. The molecule has 0 radical (unpaired) electrons. The maximum absolute atomic E-state index is 16.3. The van der Waals surface area contributed by atoms with E-state index in [-0.39, 0.29) is 35.6 Å². The number of phenolic OH excluding ortho intramolecular Hbond substituents is 3. The summed E-state index contributed by atoms with van der Waals surface area (Å²) in [5, 5.41) is 121.